The van der Waals surface area contributed by atoms with Gasteiger partial charge in [-0.2, -0.15) is 0 Å². The number of piperidine rings is 1. The predicted octanol–water partition coefficient (Wildman–Crippen LogP) is 3.50. The summed E-state index contributed by atoms with van der Waals surface area (Å²) in [5.41, 5.74) is 0.838. The summed E-state index contributed by atoms with van der Waals surface area (Å²) < 4.78 is 19.6. The highest BCUT2D eigenvalue weighted by atomic mass is 35.5. The Balaban J connectivity index is 0.00000133. The summed E-state index contributed by atoms with van der Waals surface area (Å²) >= 11 is 0. The lowest BCUT2D eigenvalue weighted by Gasteiger charge is -2.23. The molecule has 1 saturated carbocycles. The molecule has 0 bridgehead atoms. The molecule has 4 heteroatoms. The van der Waals surface area contributed by atoms with Crippen molar-refractivity contribution in [3.05, 3.63) is 29.6 Å². The summed E-state index contributed by atoms with van der Waals surface area (Å²) in [6.45, 7) is 2.76. The lowest BCUT2D eigenvalue weighted by atomic mass is 9.90. The molecule has 1 heterocycles. The van der Waals surface area contributed by atoms with Gasteiger partial charge in [0.25, 0.3) is 0 Å². The van der Waals surface area contributed by atoms with E-state index >= 15 is 0 Å². The Bertz CT molecular complexity index is 417. The molecule has 0 radical (unpaired) electrons. The maximum Gasteiger partial charge on any atom is 0.126 e. The molecule has 1 aromatic rings. The van der Waals surface area contributed by atoms with Gasteiger partial charge in [-0.25, -0.2) is 4.39 Å². The Labute approximate surface area is 120 Å². The van der Waals surface area contributed by atoms with Gasteiger partial charge >= 0.3 is 0 Å². The molecule has 1 N–H and O–H groups in total. The Morgan fingerprint density at radius 3 is 2.58 bits per heavy atom. The van der Waals surface area contributed by atoms with Crippen LogP contribution in [0.3, 0.4) is 0 Å². The number of benzene rings is 1. The van der Waals surface area contributed by atoms with Gasteiger partial charge in [0.05, 0.1) is 6.61 Å². The van der Waals surface area contributed by atoms with Crippen LogP contribution in [-0.4, -0.2) is 19.7 Å². The second-order valence-electron chi connectivity index (χ2n) is 5.46. The molecular formula is C15H21ClFNO. The van der Waals surface area contributed by atoms with Gasteiger partial charge in [0.2, 0.25) is 0 Å². The van der Waals surface area contributed by atoms with Gasteiger partial charge in [-0.15, -0.1) is 12.4 Å². The maximum absolute atomic E-state index is 13.9. The van der Waals surface area contributed by atoms with Crippen molar-refractivity contribution >= 4 is 12.4 Å². The Kier molecular flexibility index (Phi) is 5.06. The quantitative estimate of drug-likeness (QED) is 0.914. The van der Waals surface area contributed by atoms with E-state index in [9.17, 15) is 4.39 Å². The van der Waals surface area contributed by atoms with Crippen LogP contribution in [0.15, 0.2) is 18.2 Å². The first kappa shape index (κ1) is 14.6. The van der Waals surface area contributed by atoms with Gasteiger partial charge in [0, 0.05) is 0 Å². The van der Waals surface area contributed by atoms with Crippen LogP contribution in [-0.2, 0) is 0 Å². The van der Waals surface area contributed by atoms with E-state index in [-0.39, 0.29) is 18.2 Å². The molecule has 3 rings (SSSR count). The summed E-state index contributed by atoms with van der Waals surface area (Å²) in [6.07, 6.45) is 4.59. The summed E-state index contributed by atoms with van der Waals surface area (Å²) in [5.74, 6) is 1.82. The van der Waals surface area contributed by atoms with E-state index in [4.69, 9.17) is 4.74 Å². The van der Waals surface area contributed by atoms with E-state index in [0.29, 0.717) is 5.92 Å². The normalized spacial score (nSPS) is 19.8. The van der Waals surface area contributed by atoms with Crippen molar-refractivity contribution in [1.29, 1.82) is 0 Å². The Hall–Kier alpha value is -0.800. The third kappa shape index (κ3) is 3.83. The molecule has 106 valence electrons. The van der Waals surface area contributed by atoms with Crippen LogP contribution in [0.2, 0.25) is 0 Å². The lowest BCUT2D eigenvalue weighted by molar-refractivity contribution is 0.298. The van der Waals surface area contributed by atoms with E-state index in [0.717, 1.165) is 49.8 Å². The van der Waals surface area contributed by atoms with Crippen LogP contribution in [0, 0.1) is 11.7 Å². The monoisotopic (exact) mass is 285 g/mol. The summed E-state index contributed by atoms with van der Waals surface area (Å²) in [7, 11) is 0. The Morgan fingerprint density at radius 2 is 1.89 bits per heavy atom. The second-order valence-corrected chi connectivity index (χ2v) is 5.46. The largest absolute Gasteiger partial charge is 0.493 e. The van der Waals surface area contributed by atoms with Crippen LogP contribution in [0.5, 0.6) is 5.75 Å². The van der Waals surface area contributed by atoms with Gasteiger partial charge in [-0.05, 0) is 74.4 Å². The van der Waals surface area contributed by atoms with Crippen molar-refractivity contribution in [3.8, 4) is 5.75 Å². The van der Waals surface area contributed by atoms with Gasteiger partial charge < -0.3 is 10.1 Å². The number of hydrogen-bond donors (Lipinski definition) is 1. The van der Waals surface area contributed by atoms with E-state index in [2.05, 4.69) is 5.32 Å². The number of halogens is 2. The first-order valence-corrected chi connectivity index (χ1v) is 6.96. The molecule has 19 heavy (non-hydrogen) atoms. The molecule has 2 fully saturated rings. The fourth-order valence-corrected chi connectivity index (χ4v) is 2.56. The van der Waals surface area contributed by atoms with Crippen molar-refractivity contribution < 1.29 is 9.13 Å². The van der Waals surface area contributed by atoms with Crippen LogP contribution >= 0.6 is 12.4 Å². The minimum absolute atomic E-state index is 0. The molecule has 1 aliphatic carbocycles. The molecule has 1 saturated heterocycles. The highest BCUT2D eigenvalue weighted by Gasteiger charge is 2.23. The first-order valence-electron chi connectivity index (χ1n) is 6.96. The summed E-state index contributed by atoms with van der Waals surface area (Å²) in [4.78, 5) is 0. The molecule has 2 aliphatic rings. The molecule has 1 aromatic carbocycles. The third-order valence-electron chi connectivity index (χ3n) is 3.93. The highest BCUT2D eigenvalue weighted by molar-refractivity contribution is 5.85. The molecular weight excluding hydrogens is 265 g/mol. The molecule has 0 atom stereocenters. The highest BCUT2D eigenvalue weighted by Crippen LogP contribution is 2.32. The molecule has 0 spiro atoms. The van der Waals surface area contributed by atoms with Crippen LogP contribution in [0.4, 0.5) is 4.39 Å². The second kappa shape index (κ2) is 6.58. The van der Waals surface area contributed by atoms with Crippen LogP contribution < -0.4 is 10.1 Å². The zero-order valence-electron chi connectivity index (χ0n) is 11.0. The van der Waals surface area contributed by atoms with Gasteiger partial charge in [0.15, 0.2) is 0 Å². The van der Waals surface area contributed by atoms with Crippen molar-refractivity contribution in [1.82, 2.24) is 5.32 Å². The smallest absolute Gasteiger partial charge is 0.126 e. The summed E-state index contributed by atoms with van der Waals surface area (Å²) in [5, 5.41) is 3.31. The number of nitrogens with one attached hydrogen (secondary N) is 1. The van der Waals surface area contributed by atoms with Gasteiger partial charge in [-0.3, -0.25) is 0 Å². The van der Waals surface area contributed by atoms with Crippen LogP contribution in [0.1, 0.15) is 37.2 Å². The van der Waals surface area contributed by atoms with E-state index in [1.807, 2.05) is 6.07 Å². The topological polar surface area (TPSA) is 21.3 Å². The molecule has 0 amide bonds. The number of ether oxygens (including phenoxy) is 1. The average Bonchev–Trinajstić information content (AvgIpc) is 3.23. The molecule has 0 aromatic heterocycles. The fraction of sp³-hybridized carbons (Fsp3) is 0.600. The Morgan fingerprint density at radius 1 is 1.16 bits per heavy atom. The first-order chi connectivity index (χ1) is 8.83. The maximum atomic E-state index is 13.9. The van der Waals surface area contributed by atoms with Crippen molar-refractivity contribution in [2.45, 2.75) is 31.6 Å². The molecule has 0 unspecified atom stereocenters. The fourth-order valence-electron chi connectivity index (χ4n) is 2.56. The number of rotatable bonds is 4. The predicted molar refractivity (Wildman–Crippen MR) is 76.7 cm³/mol. The minimum atomic E-state index is -0.0827. The van der Waals surface area contributed by atoms with Gasteiger partial charge in [-0.1, -0.05) is 0 Å². The van der Waals surface area contributed by atoms with Crippen molar-refractivity contribution in [2.24, 2.45) is 5.92 Å². The minimum Gasteiger partial charge on any atom is -0.493 e. The standard InChI is InChI=1S/C15H20FNO.ClH/c16-15-4-3-13(18-10-11-1-2-11)9-14(15)12-5-7-17-8-6-12;/h3-4,9,11-12,17H,1-2,5-8,10H2;1H. The average molecular weight is 286 g/mol. The van der Waals surface area contributed by atoms with Gasteiger partial charge in [0.1, 0.15) is 11.6 Å². The zero-order chi connectivity index (χ0) is 12.4. The van der Waals surface area contributed by atoms with E-state index in [1.54, 1.807) is 12.1 Å². The van der Waals surface area contributed by atoms with E-state index in [1.165, 1.54) is 12.8 Å². The van der Waals surface area contributed by atoms with Crippen molar-refractivity contribution in [3.63, 3.8) is 0 Å². The lowest BCUT2D eigenvalue weighted by Crippen LogP contribution is -2.27. The number of hydrogen-bond acceptors (Lipinski definition) is 2. The van der Waals surface area contributed by atoms with E-state index < -0.39 is 0 Å². The van der Waals surface area contributed by atoms with Crippen LogP contribution in [0.25, 0.3) is 0 Å². The van der Waals surface area contributed by atoms with Crippen molar-refractivity contribution in [2.75, 3.05) is 19.7 Å². The molecule has 2 nitrogen and oxygen atoms in total. The summed E-state index contributed by atoms with van der Waals surface area (Å²) in [6, 6.07) is 5.22. The molecule has 1 aliphatic heterocycles. The third-order valence-corrected chi connectivity index (χ3v) is 3.93. The zero-order valence-corrected chi connectivity index (χ0v) is 11.8. The SMILES string of the molecule is Cl.Fc1ccc(OCC2CC2)cc1C1CCNCC1.